The summed E-state index contributed by atoms with van der Waals surface area (Å²) in [5, 5.41) is 10.5. The Labute approximate surface area is 191 Å². The molecule has 1 aliphatic heterocycles. The second-order valence-corrected chi connectivity index (χ2v) is 10.5. The van der Waals surface area contributed by atoms with Gasteiger partial charge in [-0.2, -0.15) is 0 Å². The fourth-order valence-electron chi connectivity index (χ4n) is 4.69. The van der Waals surface area contributed by atoms with Crippen LogP contribution in [0.1, 0.15) is 107 Å². The van der Waals surface area contributed by atoms with Crippen molar-refractivity contribution in [3.05, 3.63) is 57.4 Å². The van der Waals surface area contributed by atoms with Crippen molar-refractivity contribution in [1.82, 2.24) is 0 Å². The second-order valence-electron chi connectivity index (χ2n) is 10.5. The predicted molar refractivity (Wildman–Crippen MR) is 134 cm³/mol. The van der Waals surface area contributed by atoms with E-state index in [-0.39, 0.29) is 17.6 Å². The molecule has 2 rings (SSSR count). The van der Waals surface area contributed by atoms with Crippen LogP contribution in [0.25, 0.3) is 0 Å². The minimum absolute atomic E-state index is 0.111. The van der Waals surface area contributed by atoms with Crippen LogP contribution in [0.3, 0.4) is 0 Å². The summed E-state index contributed by atoms with van der Waals surface area (Å²) in [6, 6.07) is 0. The SMILES string of the molecule is CC(C)=CCC/C(C)=C/CC/C(C)=C/CCC1(C)CCC2=C(C)C(O)C(C)C(C)=C2O1. The van der Waals surface area contributed by atoms with E-state index in [1.54, 1.807) is 0 Å². The first-order chi connectivity index (χ1) is 14.5. The molecule has 1 fully saturated rings. The Hall–Kier alpha value is -1.54. The first-order valence-corrected chi connectivity index (χ1v) is 12.3. The van der Waals surface area contributed by atoms with Crippen LogP contribution >= 0.6 is 0 Å². The van der Waals surface area contributed by atoms with Crippen LogP contribution in [0.4, 0.5) is 0 Å². The van der Waals surface area contributed by atoms with Gasteiger partial charge in [-0.25, -0.2) is 0 Å². The maximum atomic E-state index is 10.5. The van der Waals surface area contributed by atoms with E-state index in [0.717, 1.165) is 56.3 Å². The Morgan fingerprint density at radius 2 is 1.55 bits per heavy atom. The Morgan fingerprint density at radius 3 is 2.16 bits per heavy atom. The van der Waals surface area contributed by atoms with Gasteiger partial charge in [0.05, 0.1) is 6.10 Å². The van der Waals surface area contributed by atoms with Gasteiger partial charge in [-0.1, -0.05) is 41.9 Å². The molecule has 1 heterocycles. The van der Waals surface area contributed by atoms with Gasteiger partial charge in [0.1, 0.15) is 11.4 Å². The molecule has 1 saturated heterocycles. The van der Waals surface area contributed by atoms with Crippen LogP contribution in [0.5, 0.6) is 0 Å². The Balaban J connectivity index is 1.85. The Morgan fingerprint density at radius 1 is 0.968 bits per heavy atom. The summed E-state index contributed by atoms with van der Waals surface area (Å²) in [7, 11) is 0. The minimum atomic E-state index is -0.359. The highest BCUT2D eigenvalue weighted by molar-refractivity contribution is 5.43. The zero-order chi connectivity index (χ0) is 23.2. The molecule has 0 saturated carbocycles. The van der Waals surface area contributed by atoms with Gasteiger partial charge in [-0.3, -0.25) is 0 Å². The van der Waals surface area contributed by atoms with Gasteiger partial charge in [0.15, 0.2) is 0 Å². The van der Waals surface area contributed by atoms with E-state index >= 15 is 0 Å². The van der Waals surface area contributed by atoms with E-state index < -0.39 is 0 Å². The number of hydrogen-bond donors (Lipinski definition) is 1. The second kappa shape index (κ2) is 11.4. The minimum Gasteiger partial charge on any atom is -0.487 e. The lowest BCUT2D eigenvalue weighted by atomic mass is 9.77. The lowest BCUT2D eigenvalue weighted by Crippen LogP contribution is -2.37. The maximum absolute atomic E-state index is 10.5. The van der Waals surface area contributed by atoms with E-state index in [1.807, 2.05) is 0 Å². The van der Waals surface area contributed by atoms with Gasteiger partial charge >= 0.3 is 0 Å². The quantitative estimate of drug-likeness (QED) is 0.375. The Kier molecular flexibility index (Phi) is 9.43. The van der Waals surface area contributed by atoms with Crippen LogP contribution in [0.15, 0.2) is 57.4 Å². The normalized spacial score (nSPS) is 27.3. The third-order valence-corrected chi connectivity index (χ3v) is 7.25. The third-order valence-electron chi connectivity index (χ3n) is 7.25. The molecule has 0 aromatic heterocycles. The highest BCUT2D eigenvalue weighted by Gasteiger charge is 2.39. The standard InChI is InChI=1S/C29H46O2/c1-20(2)12-9-13-21(3)14-10-15-22(4)16-11-18-29(8)19-17-26-25(7)27(30)23(5)24(6)28(26)31-29/h12,14,16,23,27,30H,9-11,13,15,17-19H2,1-8H3/b21-14+,22-16+. The number of aliphatic hydroxyl groups excluding tert-OH is 1. The van der Waals surface area contributed by atoms with Crippen LogP contribution in [-0.2, 0) is 4.74 Å². The molecule has 0 aromatic carbocycles. The molecule has 0 amide bonds. The van der Waals surface area contributed by atoms with Gasteiger partial charge < -0.3 is 9.84 Å². The summed E-state index contributed by atoms with van der Waals surface area (Å²) in [6.07, 6.45) is 15.5. The molecule has 2 aliphatic rings. The molecule has 2 heteroatoms. The van der Waals surface area contributed by atoms with Crippen molar-refractivity contribution < 1.29 is 9.84 Å². The molecule has 31 heavy (non-hydrogen) atoms. The molecule has 2 nitrogen and oxygen atoms in total. The summed E-state index contributed by atoms with van der Waals surface area (Å²) in [5.74, 6) is 1.21. The zero-order valence-electron chi connectivity index (χ0n) is 21.4. The average molecular weight is 427 g/mol. The summed E-state index contributed by atoms with van der Waals surface area (Å²) >= 11 is 0. The number of fused-ring (bicyclic) bond motifs is 1. The molecule has 0 radical (unpaired) electrons. The fourth-order valence-corrected chi connectivity index (χ4v) is 4.69. The summed E-state index contributed by atoms with van der Waals surface area (Å²) < 4.78 is 6.60. The predicted octanol–water partition coefficient (Wildman–Crippen LogP) is 8.36. The topological polar surface area (TPSA) is 29.5 Å². The highest BCUT2D eigenvalue weighted by Crippen LogP contribution is 2.45. The smallest absolute Gasteiger partial charge is 0.122 e. The van der Waals surface area contributed by atoms with E-state index in [2.05, 4.69) is 73.6 Å². The molecular weight excluding hydrogens is 380 g/mol. The molecule has 3 atom stereocenters. The number of rotatable bonds is 9. The number of hydrogen-bond acceptors (Lipinski definition) is 2. The van der Waals surface area contributed by atoms with Crippen LogP contribution in [-0.4, -0.2) is 16.8 Å². The zero-order valence-corrected chi connectivity index (χ0v) is 21.4. The summed E-state index contributed by atoms with van der Waals surface area (Å²) in [5.41, 5.74) is 7.84. The van der Waals surface area contributed by atoms with Crippen LogP contribution < -0.4 is 0 Å². The van der Waals surface area contributed by atoms with Crippen LogP contribution in [0, 0.1) is 5.92 Å². The van der Waals surface area contributed by atoms with Crippen molar-refractivity contribution in [2.24, 2.45) is 5.92 Å². The van der Waals surface area contributed by atoms with Gasteiger partial charge in [0.25, 0.3) is 0 Å². The van der Waals surface area contributed by atoms with Crippen LogP contribution in [0.2, 0.25) is 0 Å². The van der Waals surface area contributed by atoms with Gasteiger partial charge in [-0.15, -0.1) is 0 Å². The lowest BCUT2D eigenvalue weighted by Gasteiger charge is -2.42. The first kappa shape index (κ1) is 25.7. The van der Waals surface area contributed by atoms with E-state index in [4.69, 9.17) is 4.74 Å². The number of aliphatic hydroxyl groups is 1. The van der Waals surface area contributed by atoms with Crippen molar-refractivity contribution in [3.63, 3.8) is 0 Å². The molecule has 1 aliphatic carbocycles. The molecule has 3 unspecified atom stereocenters. The lowest BCUT2D eigenvalue weighted by molar-refractivity contribution is -0.0144. The van der Waals surface area contributed by atoms with E-state index in [9.17, 15) is 5.11 Å². The van der Waals surface area contributed by atoms with Gasteiger partial charge in [0.2, 0.25) is 0 Å². The number of ether oxygens (including phenoxy) is 1. The van der Waals surface area contributed by atoms with Gasteiger partial charge in [-0.05, 0) is 117 Å². The fraction of sp³-hybridized carbons (Fsp3) is 0.655. The largest absolute Gasteiger partial charge is 0.487 e. The third kappa shape index (κ3) is 7.24. The Bertz CT molecular complexity index is 786. The molecule has 0 aromatic rings. The molecule has 0 bridgehead atoms. The monoisotopic (exact) mass is 426 g/mol. The molecule has 174 valence electrons. The average Bonchev–Trinajstić information content (AvgIpc) is 2.70. The van der Waals surface area contributed by atoms with Gasteiger partial charge in [0, 0.05) is 5.92 Å². The van der Waals surface area contributed by atoms with E-state index in [1.165, 1.54) is 34.3 Å². The molecule has 0 spiro atoms. The summed E-state index contributed by atoms with van der Waals surface area (Å²) in [4.78, 5) is 0. The van der Waals surface area contributed by atoms with E-state index in [0.29, 0.717) is 0 Å². The highest BCUT2D eigenvalue weighted by atomic mass is 16.5. The van der Waals surface area contributed by atoms with Crippen molar-refractivity contribution in [3.8, 4) is 0 Å². The first-order valence-electron chi connectivity index (χ1n) is 12.3. The summed E-state index contributed by atoms with van der Waals surface area (Å²) in [6.45, 7) is 17.4. The van der Waals surface area contributed by atoms with Crippen molar-refractivity contribution >= 4 is 0 Å². The van der Waals surface area contributed by atoms with Crippen molar-refractivity contribution in [2.75, 3.05) is 0 Å². The number of allylic oxidation sites excluding steroid dienone is 7. The molecular formula is C29H46O2. The van der Waals surface area contributed by atoms with Crippen molar-refractivity contribution in [2.45, 2.75) is 118 Å². The molecule has 1 N–H and O–H groups in total. The maximum Gasteiger partial charge on any atom is 0.122 e. The van der Waals surface area contributed by atoms with Crippen molar-refractivity contribution in [1.29, 1.82) is 0 Å².